The molecule has 0 amide bonds. The Morgan fingerprint density at radius 3 is 2.62 bits per heavy atom. The first-order valence-corrected chi connectivity index (χ1v) is 8.26. The van der Waals surface area contributed by atoms with Crippen LogP contribution in [0.5, 0.6) is 0 Å². The van der Waals surface area contributed by atoms with E-state index in [4.69, 9.17) is 0 Å². The highest BCUT2D eigenvalue weighted by molar-refractivity contribution is 7.15. The van der Waals surface area contributed by atoms with Crippen LogP contribution in [0.3, 0.4) is 0 Å². The summed E-state index contributed by atoms with van der Waals surface area (Å²) >= 11 is 1.62. The van der Waals surface area contributed by atoms with E-state index in [0.717, 1.165) is 22.2 Å². The van der Waals surface area contributed by atoms with Gasteiger partial charge in [-0.05, 0) is 38.1 Å². The lowest BCUT2D eigenvalue weighted by Gasteiger charge is -2.09. The van der Waals surface area contributed by atoms with Gasteiger partial charge in [-0.15, -0.1) is 11.3 Å². The number of nitrogens with zero attached hydrogens (tertiary/aromatic N) is 2. The molecule has 0 saturated heterocycles. The van der Waals surface area contributed by atoms with Gasteiger partial charge in [0.25, 0.3) is 0 Å². The van der Waals surface area contributed by atoms with Gasteiger partial charge in [-0.1, -0.05) is 18.7 Å². The number of rotatable bonds is 4. The molecule has 1 aromatic carbocycles. The number of allylic oxidation sites excluding steroid dienone is 3. The van der Waals surface area contributed by atoms with Crippen LogP contribution in [-0.4, -0.2) is 9.55 Å². The van der Waals surface area contributed by atoms with Crippen LogP contribution in [0.1, 0.15) is 17.6 Å². The van der Waals surface area contributed by atoms with E-state index in [2.05, 4.69) is 11.6 Å². The molecular formula is C19H16F2N2S. The summed E-state index contributed by atoms with van der Waals surface area (Å²) in [5, 5.41) is 0. The van der Waals surface area contributed by atoms with Crippen molar-refractivity contribution in [2.24, 2.45) is 0 Å². The predicted octanol–water partition coefficient (Wildman–Crippen LogP) is 5.78. The Morgan fingerprint density at radius 2 is 2.04 bits per heavy atom. The zero-order valence-corrected chi connectivity index (χ0v) is 14.2. The standard InChI is InChI=1S/C19H16F2N2S/c1-4-13(5-2)19-22-16(18-9-6-12(3)24-18)11-23(19)17-8-7-14(20)10-15(17)21/h4-11H,1H2,2-3H3. The highest BCUT2D eigenvalue weighted by Gasteiger charge is 2.16. The van der Waals surface area contributed by atoms with E-state index in [0.29, 0.717) is 5.82 Å². The molecule has 0 unspecified atom stereocenters. The quantitative estimate of drug-likeness (QED) is 0.550. The molecule has 0 N–H and O–H groups in total. The summed E-state index contributed by atoms with van der Waals surface area (Å²) in [6.07, 6.45) is 5.30. The van der Waals surface area contributed by atoms with Gasteiger partial charge < -0.3 is 0 Å². The van der Waals surface area contributed by atoms with Crippen molar-refractivity contribution < 1.29 is 8.78 Å². The Morgan fingerprint density at radius 1 is 1.25 bits per heavy atom. The molecule has 0 saturated carbocycles. The number of benzene rings is 1. The normalized spacial score (nSPS) is 11.8. The van der Waals surface area contributed by atoms with E-state index in [9.17, 15) is 8.78 Å². The smallest absolute Gasteiger partial charge is 0.150 e. The molecule has 2 aromatic heterocycles. The van der Waals surface area contributed by atoms with E-state index in [1.54, 1.807) is 28.2 Å². The molecule has 0 atom stereocenters. The van der Waals surface area contributed by atoms with Crippen LogP contribution in [0.2, 0.25) is 0 Å². The first kappa shape index (κ1) is 16.3. The molecule has 0 radical (unpaired) electrons. The van der Waals surface area contributed by atoms with Crippen molar-refractivity contribution in [2.75, 3.05) is 0 Å². The van der Waals surface area contributed by atoms with Crippen LogP contribution >= 0.6 is 11.3 Å². The first-order valence-electron chi connectivity index (χ1n) is 7.44. The molecule has 0 aliphatic heterocycles. The number of hydrogen-bond acceptors (Lipinski definition) is 2. The summed E-state index contributed by atoms with van der Waals surface area (Å²) in [6.45, 7) is 7.68. The Kier molecular flexibility index (Phi) is 4.44. The highest BCUT2D eigenvalue weighted by Crippen LogP contribution is 2.31. The van der Waals surface area contributed by atoms with Gasteiger partial charge >= 0.3 is 0 Å². The predicted molar refractivity (Wildman–Crippen MR) is 95.4 cm³/mol. The maximum Gasteiger partial charge on any atom is 0.150 e. The summed E-state index contributed by atoms with van der Waals surface area (Å²) in [7, 11) is 0. The van der Waals surface area contributed by atoms with Crippen LogP contribution in [-0.2, 0) is 0 Å². The van der Waals surface area contributed by atoms with E-state index < -0.39 is 11.6 Å². The van der Waals surface area contributed by atoms with Crippen molar-refractivity contribution in [3.8, 4) is 16.3 Å². The van der Waals surface area contributed by atoms with Gasteiger partial charge in [0.15, 0.2) is 0 Å². The van der Waals surface area contributed by atoms with Crippen LogP contribution in [0.25, 0.3) is 21.8 Å². The third-order valence-electron chi connectivity index (χ3n) is 3.66. The molecule has 0 spiro atoms. The number of aromatic nitrogens is 2. The van der Waals surface area contributed by atoms with Crippen molar-refractivity contribution >= 4 is 16.9 Å². The van der Waals surface area contributed by atoms with Gasteiger partial charge in [0, 0.05) is 22.7 Å². The molecule has 3 rings (SSSR count). The Labute approximate surface area is 143 Å². The van der Waals surface area contributed by atoms with Crippen LogP contribution in [0, 0.1) is 18.6 Å². The van der Waals surface area contributed by atoms with Crippen molar-refractivity contribution in [2.45, 2.75) is 13.8 Å². The molecule has 24 heavy (non-hydrogen) atoms. The van der Waals surface area contributed by atoms with E-state index >= 15 is 0 Å². The minimum Gasteiger partial charge on any atom is -0.296 e. The lowest BCUT2D eigenvalue weighted by Crippen LogP contribution is -2.02. The molecule has 2 nitrogen and oxygen atoms in total. The second-order valence-electron chi connectivity index (χ2n) is 5.27. The molecule has 0 bridgehead atoms. The average molecular weight is 342 g/mol. The second-order valence-corrected chi connectivity index (χ2v) is 6.56. The topological polar surface area (TPSA) is 17.8 Å². The van der Waals surface area contributed by atoms with E-state index in [-0.39, 0.29) is 5.69 Å². The summed E-state index contributed by atoms with van der Waals surface area (Å²) in [5.41, 5.74) is 1.77. The minimum absolute atomic E-state index is 0.250. The second kappa shape index (κ2) is 6.53. The van der Waals surface area contributed by atoms with Crippen LogP contribution < -0.4 is 0 Å². The number of halogens is 2. The van der Waals surface area contributed by atoms with Crippen LogP contribution in [0.4, 0.5) is 8.78 Å². The molecule has 0 aliphatic rings. The zero-order chi connectivity index (χ0) is 17.3. The van der Waals surface area contributed by atoms with Gasteiger partial charge in [-0.25, -0.2) is 13.8 Å². The van der Waals surface area contributed by atoms with Crippen LogP contribution in [0.15, 0.2) is 55.3 Å². The number of thiophene rings is 1. The first-order chi connectivity index (χ1) is 11.5. The molecule has 3 aromatic rings. The molecule has 5 heteroatoms. The molecule has 0 fully saturated rings. The Bertz CT molecular complexity index is 935. The fourth-order valence-electron chi connectivity index (χ4n) is 2.47. The van der Waals surface area contributed by atoms with Crippen molar-refractivity contribution in [1.29, 1.82) is 0 Å². The van der Waals surface area contributed by atoms with Gasteiger partial charge in [-0.3, -0.25) is 4.57 Å². The van der Waals surface area contributed by atoms with Gasteiger partial charge in [0.2, 0.25) is 0 Å². The van der Waals surface area contributed by atoms with Gasteiger partial charge in [0.05, 0.1) is 16.3 Å². The minimum atomic E-state index is -0.637. The Hall–Kier alpha value is -2.53. The largest absolute Gasteiger partial charge is 0.296 e. The highest BCUT2D eigenvalue weighted by atomic mass is 32.1. The maximum absolute atomic E-state index is 14.3. The number of imidazole rings is 1. The maximum atomic E-state index is 14.3. The summed E-state index contributed by atoms with van der Waals surface area (Å²) < 4.78 is 29.1. The average Bonchev–Trinajstić information content (AvgIpc) is 3.16. The molecule has 2 heterocycles. The third kappa shape index (κ3) is 2.95. The number of hydrogen-bond donors (Lipinski definition) is 0. The molecule has 122 valence electrons. The Balaban J connectivity index is 2.23. The fraction of sp³-hybridized carbons (Fsp3) is 0.105. The monoisotopic (exact) mass is 342 g/mol. The lowest BCUT2D eigenvalue weighted by atomic mass is 10.2. The van der Waals surface area contributed by atoms with Crippen molar-refractivity contribution in [1.82, 2.24) is 9.55 Å². The third-order valence-corrected chi connectivity index (χ3v) is 4.68. The van der Waals surface area contributed by atoms with Crippen molar-refractivity contribution in [3.05, 3.63) is 77.6 Å². The van der Waals surface area contributed by atoms with E-state index in [1.165, 1.54) is 17.0 Å². The zero-order valence-electron chi connectivity index (χ0n) is 13.4. The van der Waals surface area contributed by atoms with Gasteiger partial charge in [0.1, 0.15) is 17.5 Å². The molecule has 0 aliphatic carbocycles. The van der Waals surface area contributed by atoms with Crippen molar-refractivity contribution in [3.63, 3.8) is 0 Å². The lowest BCUT2D eigenvalue weighted by molar-refractivity contribution is 0.577. The summed E-state index contributed by atoms with van der Waals surface area (Å²) in [4.78, 5) is 6.81. The SMILES string of the molecule is C=CC(=CC)c1nc(-c2ccc(C)s2)cn1-c1ccc(F)cc1F. The number of aryl methyl sites for hydroxylation is 1. The summed E-state index contributed by atoms with van der Waals surface area (Å²) in [5.74, 6) is -0.678. The fourth-order valence-corrected chi connectivity index (χ4v) is 3.30. The van der Waals surface area contributed by atoms with Gasteiger partial charge in [-0.2, -0.15) is 0 Å². The summed E-state index contributed by atoms with van der Waals surface area (Å²) in [6, 6.07) is 7.52. The molecular weight excluding hydrogens is 326 g/mol. The van der Waals surface area contributed by atoms with E-state index in [1.807, 2.05) is 32.1 Å².